The minimum absolute atomic E-state index is 0.0667. The fraction of sp³-hybridized carbons (Fsp3) is 0.875. The molecule has 0 unspecified atom stereocenters. The van der Waals surface area contributed by atoms with Gasteiger partial charge >= 0.3 is 11.9 Å². The van der Waals surface area contributed by atoms with E-state index < -0.39 is 30.0 Å². The summed E-state index contributed by atoms with van der Waals surface area (Å²) in [4.78, 5) is 34.5. The van der Waals surface area contributed by atoms with Gasteiger partial charge in [-0.25, -0.2) is 4.79 Å². The number of unbranched alkanes of at least 4 members (excludes halogenated alkanes) is 8. The molecule has 0 aromatic carbocycles. The summed E-state index contributed by atoms with van der Waals surface area (Å²) >= 11 is 0. The minimum Gasteiger partial charge on any atom is -0.481 e. The number of hydrogen-bond donors (Lipinski definition) is 3. The fourth-order valence-corrected chi connectivity index (χ4v) is 3.59. The lowest BCUT2D eigenvalue weighted by Crippen LogP contribution is -2.42. The van der Waals surface area contributed by atoms with E-state index in [2.05, 4.69) is 23.9 Å². The molecule has 0 saturated carbocycles. The van der Waals surface area contributed by atoms with E-state index in [9.17, 15) is 19.5 Å². The Kier molecular flexibility index (Phi) is 18.1. The van der Waals surface area contributed by atoms with Crippen LogP contribution in [0.3, 0.4) is 0 Å². The number of carbonyl (C=O) groups excluding carboxylic acids is 2. The number of rotatable bonds is 20. The number of aliphatic carboxylic acids is 1. The zero-order chi connectivity index (χ0) is 23.5. The summed E-state index contributed by atoms with van der Waals surface area (Å²) in [6.07, 6.45) is 12.3. The Balaban J connectivity index is 3.82. The highest BCUT2D eigenvalue weighted by atomic mass is 16.5. The summed E-state index contributed by atoms with van der Waals surface area (Å²) in [6, 6.07) is -0.880. The Morgan fingerprint density at radius 3 is 1.81 bits per heavy atom. The molecule has 0 saturated heterocycles. The van der Waals surface area contributed by atoms with Gasteiger partial charge in [0.1, 0.15) is 6.04 Å². The highest BCUT2D eigenvalue weighted by molar-refractivity contribution is 5.84. The van der Waals surface area contributed by atoms with Crippen molar-refractivity contribution in [2.45, 2.75) is 122 Å². The highest BCUT2D eigenvalue weighted by Gasteiger charge is 2.22. The largest absolute Gasteiger partial charge is 0.481 e. The summed E-state index contributed by atoms with van der Waals surface area (Å²) in [5.41, 5.74) is 0. The van der Waals surface area contributed by atoms with Gasteiger partial charge in [-0.1, -0.05) is 78.1 Å². The van der Waals surface area contributed by atoms with Gasteiger partial charge in [0, 0.05) is 6.42 Å². The molecule has 0 aromatic heterocycles. The molecule has 0 aliphatic carbocycles. The van der Waals surface area contributed by atoms with Crippen LogP contribution < -0.4 is 5.32 Å². The third-order valence-electron chi connectivity index (χ3n) is 5.44. The maximum Gasteiger partial charge on any atom is 0.328 e. The van der Waals surface area contributed by atoms with Crippen LogP contribution >= 0.6 is 0 Å². The summed E-state index contributed by atoms with van der Waals surface area (Å²) in [5, 5.41) is 21.3. The van der Waals surface area contributed by atoms with Crippen molar-refractivity contribution in [1.82, 2.24) is 5.32 Å². The van der Waals surface area contributed by atoms with E-state index >= 15 is 0 Å². The standard InChI is InChI=1S/C24H45NO6/c1-19(2)14-11-9-7-5-4-6-8-10-12-15-20(26)18-22(27)25-21(24(30)31-3)16-13-17-23(28)29/h19-21,26H,4-18H2,1-3H3,(H,25,27)(H,28,29)/t20-,21-/m0/s1. The molecule has 0 rings (SSSR count). The van der Waals surface area contributed by atoms with Crippen LogP contribution in [0.25, 0.3) is 0 Å². The van der Waals surface area contributed by atoms with E-state index in [0.29, 0.717) is 6.42 Å². The van der Waals surface area contributed by atoms with Crippen molar-refractivity contribution in [2.24, 2.45) is 5.92 Å². The first kappa shape index (κ1) is 29.4. The average molecular weight is 444 g/mol. The van der Waals surface area contributed by atoms with E-state index in [0.717, 1.165) is 25.2 Å². The SMILES string of the molecule is COC(=O)[C@H](CCCC(=O)O)NC(=O)C[C@@H](O)CCCCCCCCCCCC(C)C. The maximum absolute atomic E-state index is 12.1. The Hall–Kier alpha value is -1.63. The van der Waals surface area contributed by atoms with Crippen molar-refractivity contribution in [3.05, 3.63) is 0 Å². The lowest BCUT2D eigenvalue weighted by molar-refractivity contribution is -0.146. The third-order valence-corrected chi connectivity index (χ3v) is 5.44. The molecule has 7 heteroatoms. The summed E-state index contributed by atoms with van der Waals surface area (Å²) in [5.74, 6) is -1.17. The van der Waals surface area contributed by atoms with E-state index in [1.807, 2.05) is 0 Å². The Morgan fingerprint density at radius 2 is 1.32 bits per heavy atom. The molecule has 3 N–H and O–H groups in total. The van der Waals surface area contributed by atoms with E-state index in [-0.39, 0.29) is 25.7 Å². The van der Waals surface area contributed by atoms with Crippen molar-refractivity contribution >= 4 is 17.8 Å². The zero-order valence-corrected chi connectivity index (χ0v) is 19.9. The average Bonchev–Trinajstić information content (AvgIpc) is 2.70. The van der Waals surface area contributed by atoms with E-state index in [1.54, 1.807) is 0 Å². The molecule has 0 aliphatic heterocycles. The van der Waals surface area contributed by atoms with Gasteiger partial charge in [-0.05, 0) is 25.2 Å². The van der Waals surface area contributed by atoms with Crippen LogP contribution in [0, 0.1) is 5.92 Å². The monoisotopic (exact) mass is 443 g/mol. The topological polar surface area (TPSA) is 113 Å². The smallest absolute Gasteiger partial charge is 0.328 e. The van der Waals surface area contributed by atoms with Gasteiger partial charge in [0.05, 0.1) is 19.6 Å². The first-order chi connectivity index (χ1) is 14.8. The maximum atomic E-state index is 12.1. The molecule has 31 heavy (non-hydrogen) atoms. The molecular weight excluding hydrogens is 398 g/mol. The van der Waals surface area contributed by atoms with Crippen LogP contribution in [0.5, 0.6) is 0 Å². The number of aliphatic hydroxyl groups is 1. The number of nitrogens with one attached hydrogen (secondary N) is 1. The molecule has 2 atom stereocenters. The molecule has 0 aliphatic rings. The normalized spacial score (nSPS) is 13.1. The van der Waals surface area contributed by atoms with Gasteiger partial charge in [-0.3, -0.25) is 9.59 Å². The van der Waals surface area contributed by atoms with Gasteiger partial charge in [0.2, 0.25) is 5.91 Å². The fourth-order valence-electron chi connectivity index (χ4n) is 3.59. The summed E-state index contributed by atoms with van der Waals surface area (Å²) in [7, 11) is 1.22. The Bertz CT molecular complexity index is 494. The Labute approximate surface area is 188 Å². The van der Waals surface area contributed by atoms with Crippen molar-refractivity contribution in [3.8, 4) is 0 Å². The number of hydrogen-bond acceptors (Lipinski definition) is 5. The van der Waals surface area contributed by atoms with Gasteiger partial charge in [-0.2, -0.15) is 0 Å². The molecule has 7 nitrogen and oxygen atoms in total. The van der Waals surface area contributed by atoms with Gasteiger partial charge in [-0.15, -0.1) is 0 Å². The van der Waals surface area contributed by atoms with Crippen LogP contribution in [-0.4, -0.2) is 47.3 Å². The van der Waals surface area contributed by atoms with Crippen molar-refractivity contribution in [1.29, 1.82) is 0 Å². The molecule has 0 fully saturated rings. The molecule has 182 valence electrons. The lowest BCUT2D eigenvalue weighted by atomic mass is 10.0. The van der Waals surface area contributed by atoms with E-state index in [1.165, 1.54) is 52.1 Å². The third kappa shape index (κ3) is 18.8. The first-order valence-corrected chi connectivity index (χ1v) is 12.0. The zero-order valence-electron chi connectivity index (χ0n) is 19.9. The predicted molar refractivity (Wildman–Crippen MR) is 122 cm³/mol. The minimum atomic E-state index is -0.952. The number of ether oxygens (including phenoxy) is 1. The lowest BCUT2D eigenvalue weighted by Gasteiger charge is -2.17. The van der Waals surface area contributed by atoms with Crippen molar-refractivity contribution in [2.75, 3.05) is 7.11 Å². The molecule has 1 amide bonds. The number of aliphatic hydroxyl groups excluding tert-OH is 1. The van der Waals surface area contributed by atoms with Crippen LogP contribution in [0.15, 0.2) is 0 Å². The first-order valence-electron chi connectivity index (χ1n) is 12.0. The molecule has 0 spiro atoms. The van der Waals surface area contributed by atoms with Gasteiger partial charge < -0.3 is 20.3 Å². The van der Waals surface area contributed by atoms with Crippen molar-refractivity contribution < 1.29 is 29.3 Å². The summed E-state index contributed by atoms with van der Waals surface area (Å²) in [6.45, 7) is 4.54. The summed E-state index contributed by atoms with van der Waals surface area (Å²) < 4.78 is 4.66. The molecule has 0 radical (unpaired) electrons. The Morgan fingerprint density at radius 1 is 0.806 bits per heavy atom. The second-order valence-electron chi connectivity index (χ2n) is 8.94. The van der Waals surface area contributed by atoms with E-state index in [4.69, 9.17) is 5.11 Å². The molecule has 0 bridgehead atoms. The number of carboxylic acids is 1. The number of esters is 1. The van der Waals surface area contributed by atoms with Crippen LogP contribution in [0.4, 0.5) is 0 Å². The number of amides is 1. The molecule has 0 aromatic rings. The number of carbonyl (C=O) groups is 3. The molecule has 0 heterocycles. The van der Waals surface area contributed by atoms with Gasteiger partial charge in [0.15, 0.2) is 0 Å². The predicted octanol–water partition coefficient (Wildman–Crippen LogP) is 4.60. The quantitative estimate of drug-likeness (QED) is 0.187. The second kappa shape index (κ2) is 19.1. The van der Waals surface area contributed by atoms with Crippen molar-refractivity contribution in [3.63, 3.8) is 0 Å². The number of carboxylic acid groups (broad SMARTS) is 1. The van der Waals surface area contributed by atoms with Crippen LogP contribution in [-0.2, 0) is 19.1 Å². The second-order valence-corrected chi connectivity index (χ2v) is 8.94. The van der Waals surface area contributed by atoms with Crippen LogP contribution in [0.2, 0.25) is 0 Å². The van der Waals surface area contributed by atoms with Gasteiger partial charge in [0.25, 0.3) is 0 Å². The highest BCUT2D eigenvalue weighted by Crippen LogP contribution is 2.14. The van der Waals surface area contributed by atoms with Crippen LogP contribution in [0.1, 0.15) is 110 Å². The number of methoxy groups -OCH3 is 1. The molecular formula is C24H45NO6.